The standard InChI is InChI=1S/C19H21N3OS/c1-4-16(10-20-7-1)15-23-18-12-21(14-19-6-3-9-24-19)11-17-5-2-8-22(17)13-18/h1-10,18H,11-15H2/t18-/m1/s1. The largest absolute Gasteiger partial charge is 0.370 e. The third-order valence-corrected chi connectivity index (χ3v) is 5.20. The fourth-order valence-corrected chi connectivity index (χ4v) is 3.92. The van der Waals surface area contributed by atoms with E-state index in [0.29, 0.717) is 6.61 Å². The van der Waals surface area contributed by atoms with Crippen molar-refractivity contribution in [3.63, 3.8) is 0 Å². The maximum absolute atomic E-state index is 6.23. The average molecular weight is 339 g/mol. The lowest BCUT2D eigenvalue weighted by molar-refractivity contribution is 0.00875. The average Bonchev–Trinajstić information content (AvgIpc) is 3.23. The smallest absolute Gasteiger partial charge is 0.0885 e. The zero-order valence-electron chi connectivity index (χ0n) is 13.5. The molecule has 4 rings (SSSR count). The van der Waals surface area contributed by atoms with Crippen LogP contribution in [0, 0.1) is 0 Å². The first kappa shape index (κ1) is 15.6. The van der Waals surface area contributed by atoms with Gasteiger partial charge in [0.1, 0.15) is 0 Å². The minimum Gasteiger partial charge on any atom is -0.370 e. The van der Waals surface area contributed by atoms with Crippen molar-refractivity contribution in [2.75, 3.05) is 6.54 Å². The van der Waals surface area contributed by atoms with Crippen LogP contribution >= 0.6 is 11.3 Å². The zero-order valence-corrected chi connectivity index (χ0v) is 14.4. The highest BCUT2D eigenvalue weighted by atomic mass is 32.1. The third-order valence-electron chi connectivity index (χ3n) is 4.34. The van der Waals surface area contributed by atoms with E-state index in [2.05, 4.69) is 56.4 Å². The number of ether oxygens (including phenoxy) is 1. The Hall–Kier alpha value is -1.95. The van der Waals surface area contributed by atoms with Gasteiger partial charge in [-0.15, -0.1) is 11.3 Å². The monoisotopic (exact) mass is 339 g/mol. The summed E-state index contributed by atoms with van der Waals surface area (Å²) in [5, 5.41) is 2.15. The van der Waals surface area contributed by atoms with Gasteiger partial charge < -0.3 is 9.30 Å². The number of fused-ring (bicyclic) bond motifs is 1. The summed E-state index contributed by atoms with van der Waals surface area (Å²) in [5.41, 5.74) is 2.48. The predicted octanol–water partition coefficient (Wildman–Crippen LogP) is 3.55. The molecule has 5 heteroatoms. The molecule has 0 amide bonds. The van der Waals surface area contributed by atoms with Crippen LogP contribution in [0.1, 0.15) is 16.1 Å². The first-order valence-corrected chi connectivity index (χ1v) is 9.14. The van der Waals surface area contributed by atoms with Gasteiger partial charge >= 0.3 is 0 Å². The van der Waals surface area contributed by atoms with Gasteiger partial charge in [0.15, 0.2) is 0 Å². The van der Waals surface area contributed by atoms with E-state index in [1.807, 2.05) is 23.6 Å². The summed E-state index contributed by atoms with van der Waals surface area (Å²) in [4.78, 5) is 8.05. The van der Waals surface area contributed by atoms with E-state index < -0.39 is 0 Å². The molecule has 0 spiro atoms. The molecule has 4 heterocycles. The number of aromatic nitrogens is 2. The number of rotatable bonds is 5. The molecule has 3 aromatic heterocycles. The second kappa shape index (κ2) is 7.30. The highest BCUT2D eigenvalue weighted by molar-refractivity contribution is 7.09. The summed E-state index contributed by atoms with van der Waals surface area (Å²) in [6.45, 7) is 4.42. The van der Waals surface area contributed by atoms with Crippen molar-refractivity contribution in [1.82, 2.24) is 14.5 Å². The van der Waals surface area contributed by atoms with Crippen LogP contribution in [0.25, 0.3) is 0 Å². The summed E-state index contributed by atoms with van der Waals surface area (Å²) in [5.74, 6) is 0. The topological polar surface area (TPSA) is 30.3 Å². The molecule has 0 saturated heterocycles. The van der Waals surface area contributed by atoms with E-state index in [1.165, 1.54) is 10.6 Å². The Balaban J connectivity index is 1.46. The SMILES string of the molecule is c1cncc(CO[C@@H]2CN(Cc3cccs3)Cc3cccn3C2)c1. The number of pyridine rings is 1. The molecule has 0 N–H and O–H groups in total. The molecule has 0 aromatic carbocycles. The molecule has 4 nitrogen and oxygen atoms in total. The molecule has 0 unspecified atom stereocenters. The number of hydrogen-bond acceptors (Lipinski definition) is 4. The van der Waals surface area contributed by atoms with Gasteiger partial charge in [0.2, 0.25) is 0 Å². The molecule has 0 saturated carbocycles. The molecule has 0 aliphatic carbocycles. The Morgan fingerprint density at radius 1 is 1.17 bits per heavy atom. The highest BCUT2D eigenvalue weighted by Gasteiger charge is 2.22. The Kier molecular flexibility index (Phi) is 4.74. The fraction of sp³-hybridized carbons (Fsp3) is 0.316. The lowest BCUT2D eigenvalue weighted by Gasteiger charge is -2.23. The van der Waals surface area contributed by atoms with Crippen molar-refractivity contribution < 1.29 is 4.74 Å². The summed E-state index contributed by atoms with van der Waals surface area (Å²) >= 11 is 1.82. The maximum atomic E-state index is 6.23. The Morgan fingerprint density at radius 2 is 2.17 bits per heavy atom. The van der Waals surface area contributed by atoms with Crippen molar-refractivity contribution in [3.8, 4) is 0 Å². The van der Waals surface area contributed by atoms with Gasteiger partial charge in [0.25, 0.3) is 0 Å². The lowest BCUT2D eigenvalue weighted by atomic mass is 10.3. The molecule has 0 bridgehead atoms. The van der Waals surface area contributed by atoms with Gasteiger partial charge in [-0.2, -0.15) is 0 Å². The predicted molar refractivity (Wildman–Crippen MR) is 95.7 cm³/mol. The quantitative estimate of drug-likeness (QED) is 0.712. The first-order valence-electron chi connectivity index (χ1n) is 8.26. The van der Waals surface area contributed by atoms with Crippen LogP contribution in [0.4, 0.5) is 0 Å². The van der Waals surface area contributed by atoms with Gasteiger partial charge in [-0.3, -0.25) is 9.88 Å². The molecule has 1 aliphatic heterocycles. The van der Waals surface area contributed by atoms with Gasteiger partial charge in [-0.1, -0.05) is 12.1 Å². The maximum Gasteiger partial charge on any atom is 0.0885 e. The third kappa shape index (κ3) is 3.75. The molecule has 3 aromatic rings. The molecular weight excluding hydrogens is 318 g/mol. The van der Waals surface area contributed by atoms with E-state index in [0.717, 1.165) is 31.7 Å². The van der Waals surface area contributed by atoms with Crippen molar-refractivity contribution in [2.45, 2.75) is 32.3 Å². The van der Waals surface area contributed by atoms with Crippen LogP contribution in [0.2, 0.25) is 0 Å². The fourth-order valence-electron chi connectivity index (χ4n) is 3.18. The van der Waals surface area contributed by atoms with Crippen LogP contribution in [-0.2, 0) is 31.0 Å². The second-order valence-electron chi connectivity index (χ2n) is 6.20. The van der Waals surface area contributed by atoms with Gasteiger partial charge in [0.05, 0.1) is 12.7 Å². The Morgan fingerprint density at radius 3 is 3.00 bits per heavy atom. The van der Waals surface area contributed by atoms with E-state index >= 15 is 0 Å². The van der Waals surface area contributed by atoms with Crippen molar-refractivity contribution in [3.05, 3.63) is 76.5 Å². The Labute approximate surface area is 146 Å². The van der Waals surface area contributed by atoms with Crippen LogP contribution in [0.15, 0.2) is 60.4 Å². The number of nitrogens with zero attached hydrogens (tertiary/aromatic N) is 3. The molecule has 124 valence electrons. The molecule has 0 radical (unpaired) electrons. The first-order chi connectivity index (χ1) is 11.9. The minimum atomic E-state index is 0.179. The van der Waals surface area contributed by atoms with Crippen molar-refractivity contribution >= 4 is 11.3 Å². The molecule has 24 heavy (non-hydrogen) atoms. The summed E-state index contributed by atoms with van der Waals surface area (Å²) in [6, 6.07) is 12.7. The number of thiophene rings is 1. The van der Waals surface area contributed by atoms with E-state index in [-0.39, 0.29) is 6.10 Å². The lowest BCUT2D eigenvalue weighted by Crippen LogP contribution is -2.32. The van der Waals surface area contributed by atoms with Gasteiger partial charge in [-0.25, -0.2) is 0 Å². The van der Waals surface area contributed by atoms with Crippen LogP contribution in [0.5, 0.6) is 0 Å². The molecule has 1 aliphatic rings. The molecule has 0 fully saturated rings. The van der Waals surface area contributed by atoms with Gasteiger partial charge in [-0.05, 0) is 35.2 Å². The van der Waals surface area contributed by atoms with Crippen LogP contribution in [0.3, 0.4) is 0 Å². The second-order valence-corrected chi connectivity index (χ2v) is 7.23. The normalized spacial score (nSPS) is 18.2. The van der Waals surface area contributed by atoms with Crippen LogP contribution < -0.4 is 0 Å². The Bertz CT molecular complexity index is 754. The molecule has 1 atom stereocenters. The summed E-state index contributed by atoms with van der Waals surface area (Å²) < 4.78 is 8.55. The summed E-state index contributed by atoms with van der Waals surface area (Å²) in [7, 11) is 0. The van der Waals surface area contributed by atoms with Crippen molar-refractivity contribution in [1.29, 1.82) is 0 Å². The number of hydrogen-bond donors (Lipinski definition) is 0. The molecular formula is C19H21N3OS. The van der Waals surface area contributed by atoms with E-state index in [1.54, 1.807) is 6.20 Å². The highest BCUT2D eigenvalue weighted by Crippen LogP contribution is 2.20. The summed E-state index contributed by atoms with van der Waals surface area (Å²) in [6.07, 6.45) is 6.01. The van der Waals surface area contributed by atoms with E-state index in [4.69, 9.17) is 4.74 Å². The van der Waals surface area contributed by atoms with Gasteiger partial charge in [0, 0.05) is 55.3 Å². The zero-order chi connectivity index (χ0) is 16.2. The van der Waals surface area contributed by atoms with Crippen LogP contribution in [-0.4, -0.2) is 27.1 Å². The minimum absolute atomic E-state index is 0.179. The van der Waals surface area contributed by atoms with E-state index in [9.17, 15) is 0 Å². The van der Waals surface area contributed by atoms with Crippen molar-refractivity contribution in [2.24, 2.45) is 0 Å².